The maximum Gasteiger partial charge on any atom is 0.443 e. The predicted molar refractivity (Wildman–Crippen MR) is 33.9 cm³/mol. The Morgan fingerprint density at radius 2 is 2.45 bits per heavy atom. The van der Waals surface area contributed by atoms with Crippen molar-refractivity contribution in [2.45, 2.75) is 0 Å². The zero-order valence-corrected chi connectivity index (χ0v) is 5.30. The second-order valence-corrected chi connectivity index (χ2v) is 1.69. The molecule has 0 radical (unpaired) electrons. The molecule has 7 nitrogen and oxygen atoms in total. The molecule has 1 aromatic rings. The van der Waals surface area contributed by atoms with Gasteiger partial charge < -0.3 is 15.8 Å². The quantitative estimate of drug-likeness (QED) is 0.445. The van der Waals surface area contributed by atoms with Crippen molar-refractivity contribution in [2.24, 2.45) is 5.73 Å². The number of hydrogen-bond acceptors (Lipinski definition) is 4. The number of imidazole rings is 1. The maximum absolute atomic E-state index is 10.4. The molecule has 0 aliphatic heterocycles. The molecule has 0 atom stereocenters. The Hall–Kier alpha value is -1.92. The Morgan fingerprint density at radius 1 is 1.82 bits per heavy atom. The largest absolute Gasteiger partial charge is 0.443 e. The molecule has 0 bridgehead atoms. The first-order chi connectivity index (χ1) is 5.13. The average Bonchev–Trinajstić information content (AvgIpc) is 2.32. The van der Waals surface area contributed by atoms with Gasteiger partial charge in [0, 0.05) is 0 Å². The number of amides is 1. The monoisotopic (exact) mass is 156 g/mol. The summed E-state index contributed by atoms with van der Waals surface area (Å²) in [7, 11) is 0. The van der Waals surface area contributed by atoms with E-state index < -0.39 is 16.9 Å². The number of hydrogen-bond donors (Lipinski definition) is 1. The second kappa shape index (κ2) is 2.37. The lowest BCUT2D eigenvalue weighted by Gasteiger charge is -1.93. The molecule has 11 heavy (non-hydrogen) atoms. The second-order valence-electron chi connectivity index (χ2n) is 1.69. The van der Waals surface area contributed by atoms with Crippen molar-refractivity contribution < 1.29 is 9.72 Å². The molecule has 0 aliphatic carbocycles. The lowest BCUT2D eigenvalue weighted by molar-refractivity contribution is -0.395. The third-order valence-corrected chi connectivity index (χ3v) is 1.02. The molecular formula is C4H4N4O3. The number of carbonyl (C=O) groups excluding carboxylic acids is 1. The minimum atomic E-state index is -0.922. The SMILES string of the molecule is NC(=O)n1ccnc1[N+](=O)[O-]. The third-order valence-electron chi connectivity index (χ3n) is 1.02. The van der Waals surface area contributed by atoms with E-state index in [9.17, 15) is 14.9 Å². The van der Waals surface area contributed by atoms with Gasteiger partial charge in [-0.05, 0) is 4.92 Å². The minimum Gasteiger partial charge on any atom is -0.390 e. The van der Waals surface area contributed by atoms with Gasteiger partial charge >= 0.3 is 12.0 Å². The van der Waals surface area contributed by atoms with Crippen molar-refractivity contribution in [1.82, 2.24) is 9.55 Å². The highest BCUT2D eigenvalue weighted by Gasteiger charge is 2.17. The maximum atomic E-state index is 10.4. The van der Waals surface area contributed by atoms with Crippen LogP contribution < -0.4 is 5.73 Å². The standard InChI is InChI=1S/C4H4N4O3/c5-3(9)7-2-1-6-4(7)8(10)11/h1-2H,(H2,5,9). The van der Waals surface area contributed by atoms with E-state index in [0.717, 1.165) is 12.4 Å². The third kappa shape index (κ3) is 1.16. The smallest absolute Gasteiger partial charge is 0.390 e. The van der Waals surface area contributed by atoms with Crippen molar-refractivity contribution in [3.63, 3.8) is 0 Å². The summed E-state index contributed by atoms with van der Waals surface area (Å²) in [5.41, 5.74) is 4.78. The van der Waals surface area contributed by atoms with E-state index in [1.165, 1.54) is 0 Å². The van der Waals surface area contributed by atoms with E-state index in [-0.39, 0.29) is 0 Å². The summed E-state index contributed by atoms with van der Waals surface area (Å²) in [5.74, 6) is -0.572. The van der Waals surface area contributed by atoms with Crippen LogP contribution in [-0.4, -0.2) is 20.5 Å². The zero-order chi connectivity index (χ0) is 8.43. The van der Waals surface area contributed by atoms with E-state index in [1.54, 1.807) is 0 Å². The molecule has 0 fully saturated rings. The molecule has 0 saturated heterocycles. The number of carbonyl (C=O) groups is 1. The highest BCUT2D eigenvalue weighted by Crippen LogP contribution is 2.04. The van der Waals surface area contributed by atoms with Gasteiger partial charge in [-0.2, -0.15) is 0 Å². The van der Waals surface area contributed by atoms with Gasteiger partial charge in [-0.25, -0.2) is 4.79 Å². The summed E-state index contributed by atoms with van der Waals surface area (Å²) in [6, 6.07) is -0.922. The van der Waals surface area contributed by atoms with Gasteiger partial charge in [-0.1, -0.05) is 4.98 Å². The van der Waals surface area contributed by atoms with Crippen LogP contribution in [0.25, 0.3) is 0 Å². The van der Waals surface area contributed by atoms with Crippen LogP contribution >= 0.6 is 0 Å². The number of rotatable bonds is 1. The van der Waals surface area contributed by atoms with Crippen LogP contribution in [0.2, 0.25) is 0 Å². The summed E-state index contributed by atoms with van der Waals surface area (Å²) < 4.78 is 0.653. The molecule has 7 heteroatoms. The van der Waals surface area contributed by atoms with E-state index in [1.807, 2.05) is 0 Å². The molecule has 1 heterocycles. The Kier molecular flexibility index (Phi) is 1.55. The molecular weight excluding hydrogens is 152 g/mol. The first kappa shape index (κ1) is 7.19. The molecule has 2 N–H and O–H groups in total. The fourth-order valence-corrected chi connectivity index (χ4v) is 0.603. The summed E-state index contributed by atoms with van der Waals surface area (Å²) in [6.45, 7) is 0. The van der Waals surface area contributed by atoms with Crippen molar-refractivity contribution in [1.29, 1.82) is 0 Å². The van der Waals surface area contributed by atoms with Gasteiger partial charge in [0.05, 0.1) is 0 Å². The van der Waals surface area contributed by atoms with Crippen LogP contribution in [0.4, 0.5) is 10.7 Å². The molecule has 1 aromatic heterocycles. The molecule has 1 rings (SSSR count). The average molecular weight is 156 g/mol. The highest BCUT2D eigenvalue weighted by molar-refractivity contribution is 5.76. The molecule has 0 unspecified atom stereocenters. The van der Waals surface area contributed by atoms with Crippen LogP contribution in [-0.2, 0) is 0 Å². The van der Waals surface area contributed by atoms with Gasteiger partial charge in [-0.3, -0.25) is 0 Å². The minimum absolute atomic E-state index is 0.572. The highest BCUT2D eigenvalue weighted by atomic mass is 16.6. The Labute approximate surface area is 60.6 Å². The molecule has 0 spiro atoms. The van der Waals surface area contributed by atoms with Gasteiger partial charge in [-0.15, -0.1) is 4.57 Å². The Morgan fingerprint density at radius 3 is 2.82 bits per heavy atom. The molecule has 0 saturated carbocycles. The Bertz CT molecular complexity index is 276. The van der Waals surface area contributed by atoms with E-state index in [2.05, 4.69) is 4.98 Å². The van der Waals surface area contributed by atoms with Gasteiger partial charge in [0.1, 0.15) is 12.4 Å². The lowest BCUT2D eigenvalue weighted by Crippen LogP contribution is -2.20. The van der Waals surface area contributed by atoms with Crippen LogP contribution in [0.15, 0.2) is 12.4 Å². The van der Waals surface area contributed by atoms with Crippen molar-refractivity contribution >= 4 is 12.0 Å². The summed E-state index contributed by atoms with van der Waals surface area (Å²) >= 11 is 0. The summed E-state index contributed by atoms with van der Waals surface area (Å²) in [6.07, 6.45) is 2.25. The van der Waals surface area contributed by atoms with Gasteiger partial charge in [0.15, 0.2) is 0 Å². The fraction of sp³-hybridized carbons (Fsp3) is 0. The number of aromatic nitrogens is 2. The molecule has 0 aromatic carbocycles. The van der Waals surface area contributed by atoms with Crippen molar-refractivity contribution in [3.05, 3.63) is 22.5 Å². The number of nitrogens with zero attached hydrogens (tertiary/aromatic N) is 3. The normalized spacial score (nSPS) is 9.45. The molecule has 58 valence electrons. The first-order valence-electron chi connectivity index (χ1n) is 2.60. The van der Waals surface area contributed by atoms with Crippen molar-refractivity contribution in [3.8, 4) is 0 Å². The zero-order valence-electron chi connectivity index (χ0n) is 5.30. The number of primary amides is 1. The Balaban J connectivity index is 3.16. The van der Waals surface area contributed by atoms with E-state index in [0.29, 0.717) is 4.57 Å². The van der Waals surface area contributed by atoms with Crippen LogP contribution in [0.5, 0.6) is 0 Å². The topological polar surface area (TPSA) is 104 Å². The van der Waals surface area contributed by atoms with Crippen molar-refractivity contribution in [2.75, 3.05) is 0 Å². The predicted octanol–water partition coefficient (Wildman–Crippen LogP) is -0.282. The van der Waals surface area contributed by atoms with Crippen LogP contribution in [0, 0.1) is 10.1 Å². The van der Waals surface area contributed by atoms with Gasteiger partial charge in [0.25, 0.3) is 0 Å². The fourth-order valence-electron chi connectivity index (χ4n) is 0.603. The summed E-state index contributed by atoms with van der Waals surface area (Å²) in [5, 5.41) is 10.1. The van der Waals surface area contributed by atoms with E-state index in [4.69, 9.17) is 5.73 Å². The number of nitro groups is 1. The van der Waals surface area contributed by atoms with Gasteiger partial charge in [0.2, 0.25) is 0 Å². The first-order valence-corrected chi connectivity index (χ1v) is 2.60. The number of nitrogens with two attached hydrogens (primary N) is 1. The molecule has 0 aliphatic rings. The van der Waals surface area contributed by atoms with Crippen LogP contribution in [0.1, 0.15) is 0 Å². The van der Waals surface area contributed by atoms with Crippen LogP contribution in [0.3, 0.4) is 0 Å². The lowest BCUT2D eigenvalue weighted by atomic mass is 10.8. The molecule has 1 amide bonds. The summed E-state index contributed by atoms with van der Waals surface area (Å²) in [4.78, 5) is 23.0. The van der Waals surface area contributed by atoms with E-state index >= 15 is 0 Å².